The molecule has 1 saturated carbocycles. The van der Waals surface area contributed by atoms with E-state index in [9.17, 15) is 14.4 Å². The minimum Gasteiger partial charge on any atom is -0.479 e. The monoisotopic (exact) mass is 466 g/mol. The van der Waals surface area contributed by atoms with Gasteiger partial charge in [-0.3, -0.25) is 9.59 Å². The first kappa shape index (κ1) is 19.1. The molecule has 5 unspecified atom stereocenters. The summed E-state index contributed by atoms with van der Waals surface area (Å²) in [6.07, 6.45) is 5.23. The lowest BCUT2D eigenvalue weighted by Gasteiger charge is -2.14. The summed E-state index contributed by atoms with van der Waals surface area (Å²) in [6.45, 7) is 1.39. The maximum absolute atomic E-state index is 12.6. The molecule has 2 amide bonds. The Balaban J connectivity index is 1.53. The number of ether oxygens (including phenoxy) is 1. The summed E-state index contributed by atoms with van der Waals surface area (Å²) < 4.78 is 5.77. The van der Waals surface area contributed by atoms with Gasteiger partial charge in [0.25, 0.3) is 11.8 Å². The molecule has 2 bridgehead atoms. The molecule has 1 N–H and O–H groups in total. The number of rotatable bonds is 5. The third-order valence-electron chi connectivity index (χ3n) is 5.43. The summed E-state index contributed by atoms with van der Waals surface area (Å²) in [5, 5.41) is 14.2. The zero-order chi connectivity index (χ0) is 20.2. The highest BCUT2D eigenvalue weighted by Crippen LogP contribution is 2.52. The van der Waals surface area contributed by atoms with Crippen LogP contribution in [0.25, 0.3) is 0 Å². The van der Waals surface area contributed by atoms with E-state index in [1.54, 1.807) is 6.07 Å². The van der Waals surface area contributed by atoms with Gasteiger partial charge in [-0.2, -0.15) is 10.1 Å². The molecule has 146 valence electrons. The zero-order valence-corrected chi connectivity index (χ0v) is 17.1. The van der Waals surface area contributed by atoms with Crippen molar-refractivity contribution in [3.8, 4) is 5.75 Å². The number of carboxylic acid groups (broad SMARTS) is 1. The normalized spacial score (nSPS) is 29.0. The van der Waals surface area contributed by atoms with E-state index in [0.717, 1.165) is 11.4 Å². The van der Waals surface area contributed by atoms with Gasteiger partial charge in [0.1, 0.15) is 0 Å². The van der Waals surface area contributed by atoms with Crippen LogP contribution in [0.2, 0.25) is 5.02 Å². The molecule has 0 spiro atoms. The van der Waals surface area contributed by atoms with Gasteiger partial charge in [0.15, 0.2) is 11.9 Å². The molecule has 3 aliphatic rings. The van der Waals surface area contributed by atoms with Gasteiger partial charge in [-0.15, -0.1) is 0 Å². The van der Waals surface area contributed by atoms with Crippen molar-refractivity contribution in [1.29, 1.82) is 0 Å². The summed E-state index contributed by atoms with van der Waals surface area (Å²) in [4.78, 5) is 36.2. The number of carbonyl (C=O) groups excluding carboxylic acids is 2. The molecule has 5 atom stereocenters. The summed E-state index contributed by atoms with van der Waals surface area (Å²) >= 11 is 9.49. The molecule has 2 fully saturated rings. The fraction of sp³-hybridized carbons (Fsp3) is 0.368. The largest absolute Gasteiger partial charge is 0.479 e. The van der Waals surface area contributed by atoms with Crippen molar-refractivity contribution < 1.29 is 24.2 Å². The van der Waals surface area contributed by atoms with Gasteiger partial charge in [0, 0.05) is 0 Å². The van der Waals surface area contributed by atoms with Crippen molar-refractivity contribution >= 4 is 51.5 Å². The number of amides is 2. The van der Waals surface area contributed by atoms with Gasteiger partial charge in [0.2, 0.25) is 0 Å². The highest BCUT2D eigenvalue weighted by molar-refractivity contribution is 9.10. The second-order valence-electron chi connectivity index (χ2n) is 7.14. The number of benzene rings is 1. The molecule has 1 aromatic rings. The van der Waals surface area contributed by atoms with Crippen LogP contribution >= 0.6 is 27.5 Å². The number of allylic oxidation sites excluding steroid dienone is 2. The number of hydrogen-bond donors (Lipinski definition) is 1. The Bertz CT molecular complexity index is 893. The molecule has 0 radical (unpaired) electrons. The lowest BCUT2D eigenvalue weighted by molar-refractivity contribution is -0.144. The first-order valence-electron chi connectivity index (χ1n) is 8.76. The average Bonchev–Trinajstić information content (AvgIpc) is 3.31. The van der Waals surface area contributed by atoms with E-state index in [-0.39, 0.29) is 46.3 Å². The minimum absolute atomic E-state index is 0.128. The molecule has 28 heavy (non-hydrogen) atoms. The number of aliphatic carboxylic acids is 1. The summed E-state index contributed by atoms with van der Waals surface area (Å²) in [7, 11) is 0. The summed E-state index contributed by atoms with van der Waals surface area (Å²) in [6, 6.07) is 3.15. The topological polar surface area (TPSA) is 96.3 Å². The van der Waals surface area contributed by atoms with Gasteiger partial charge in [-0.25, -0.2) is 4.79 Å². The van der Waals surface area contributed by atoms with E-state index in [0.29, 0.717) is 10.0 Å². The van der Waals surface area contributed by atoms with Crippen LogP contribution in [-0.4, -0.2) is 40.2 Å². The lowest BCUT2D eigenvalue weighted by Crippen LogP contribution is -2.28. The van der Waals surface area contributed by atoms with Crippen molar-refractivity contribution in [1.82, 2.24) is 5.01 Å². The number of imide groups is 1. The van der Waals surface area contributed by atoms with Crippen LogP contribution in [0, 0.1) is 23.7 Å². The first-order chi connectivity index (χ1) is 13.3. The molecular formula is C19H16BrClN2O5. The Morgan fingerprint density at radius 1 is 1.32 bits per heavy atom. The van der Waals surface area contributed by atoms with Crippen LogP contribution in [0.3, 0.4) is 0 Å². The van der Waals surface area contributed by atoms with E-state index in [2.05, 4.69) is 21.0 Å². The Hall–Kier alpha value is -2.19. The van der Waals surface area contributed by atoms with E-state index in [4.69, 9.17) is 21.4 Å². The molecule has 2 aliphatic carbocycles. The number of hydrogen-bond acceptors (Lipinski definition) is 5. The fourth-order valence-corrected chi connectivity index (χ4v) is 5.08. The molecule has 9 heteroatoms. The smallest absolute Gasteiger partial charge is 0.344 e. The van der Waals surface area contributed by atoms with Crippen LogP contribution < -0.4 is 4.74 Å². The summed E-state index contributed by atoms with van der Waals surface area (Å²) in [5.41, 5.74) is 0.533. The fourth-order valence-electron chi connectivity index (χ4n) is 4.12. The quantitative estimate of drug-likeness (QED) is 0.408. The van der Waals surface area contributed by atoms with E-state index in [1.807, 2.05) is 12.2 Å². The molecule has 4 rings (SSSR count). The van der Waals surface area contributed by atoms with Gasteiger partial charge >= 0.3 is 5.97 Å². The highest BCUT2D eigenvalue weighted by Gasteiger charge is 2.59. The number of carbonyl (C=O) groups is 3. The zero-order valence-electron chi connectivity index (χ0n) is 14.7. The van der Waals surface area contributed by atoms with Gasteiger partial charge < -0.3 is 9.84 Å². The Morgan fingerprint density at radius 2 is 1.93 bits per heavy atom. The molecule has 0 aromatic heterocycles. The molecule has 1 heterocycles. The number of carboxylic acids is 1. The van der Waals surface area contributed by atoms with Gasteiger partial charge in [-0.05, 0) is 58.8 Å². The van der Waals surface area contributed by atoms with Crippen molar-refractivity contribution in [3.05, 3.63) is 39.3 Å². The Labute approximate surface area is 174 Å². The highest BCUT2D eigenvalue weighted by atomic mass is 79.9. The van der Waals surface area contributed by atoms with Crippen LogP contribution in [0.15, 0.2) is 33.9 Å². The van der Waals surface area contributed by atoms with Crippen molar-refractivity contribution in [2.45, 2.75) is 19.4 Å². The molecule has 1 aromatic carbocycles. The van der Waals surface area contributed by atoms with Crippen LogP contribution in [0.1, 0.15) is 18.9 Å². The minimum atomic E-state index is -1.12. The SMILES string of the molecule is CC(Oc1c(Cl)cc(C=NN2C(=O)C3C4C=CC(C4)C3C2=O)cc1Br)C(=O)O. The lowest BCUT2D eigenvalue weighted by atomic mass is 9.85. The molecule has 1 aliphatic heterocycles. The average molecular weight is 468 g/mol. The predicted octanol–water partition coefficient (Wildman–Crippen LogP) is 3.10. The van der Waals surface area contributed by atoms with E-state index < -0.39 is 12.1 Å². The Morgan fingerprint density at radius 3 is 2.46 bits per heavy atom. The van der Waals surface area contributed by atoms with Crippen LogP contribution in [0.5, 0.6) is 5.75 Å². The van der Waals surface area contributed by atoms with Gasteiger partial charge in [0.05, 0.1) is 27.5 Å². The standard InChI is InChI=1S/C19H16BrClN2O5/c1-8(19(26)27)28-16-12(20)4-9(5-13(16)21)7-22-23-17(24)14-10-2-3-11(6-10)15(14)18(23)25/h2-5,7-8,10-11,14-15H,6H2,1H3,(H,26,27). The third kappa shape index (κ3) is 3.04. The van der Waals surface area contributed by atoms with Crippen LogP contribution in [-0.2, 0) is 14.4 Å². The first-order valence-corrected chi connectivity index (χ1v) is 9.93. The van der Waals surface area contributed by atoms with Crippen LogP contribution in [0.4, 0.5) is 0 Å². The second-order valence-corrected chi connectivity index (χ2v) is 8.41. The number of nitrogens with zero attached hydrogens (tertiary/aromatic N) is 2. The summed E-state index contributed by atoms with van der Waals surface area (Å²) in [5.74, 6) is -1.79. The van der Waals surface area contributed by atoms with E-state index in [1.165, 1.54) is 19.2 Å². The number of hydrazone groups is 1. The molecule has 1 saturated heterocycles. The molecular weight excluding hydrogens is 452 g/mol. The Kier molecular flexibility index (Phi) is 4.79. The van der Waals surface area contributed by atoms with E-state index >= 15 is 0 Å². The van der Waals surface area contributed by atoms with Crippen molar-refractivity contribution in [2.24, 2.45) is 28.8 Å². The predicted molar refractivity (Wildman–Crippen MR) is 104 cm³/mol. The van der Waals surface area contributed by atoms with Gasteiger partial charge in [-0.1, -0.05) is 23.8 Å². The van der Waals surface area contributed by atoms with Crippen molar-refractivity contribution in [3.63, 3.8) is 0 Å². The maximum atomic E-state index is 12.6. The number of fused-ring (bicyclic) bond motifs is 5. The number of halogens is 2. The van der Waals surface area contributed by atoms with Crippen molar-refractivity contribution in [2.75, 3.05) is 0 Å². The molecule has 7 nitrogen and oxygen atoms in total. The maximum Gasteiger partial charge on any atom is 0.344 e. The second kappa shape index (κ2) is 7.00. The third-order valence-corrected chi connectivity index (χ3v) is 6.30.